The average molecular weight is 211 g/mol. The lowest BCUT2D eigenvalue weighted by Crippen LogP contribution is -2.16. The molecule has 0 heterocycles. The number of oxime groups is 1. The van der Waals surface area contributed by atoms with E-state index < -0.39 is 0 Å². The molecule has 4 nitrogen and oxygen atoms in total. The Balaban J connectivity index is 2.51. The lowest BCUT2D eigenvalue weighted by Gasteiger charge is -2.06. The normalized spacial score (nSPS) is 11.5. The molecule has 0 aliphatic carbocycles. The van der Waals surface area contributed by atoms with Gasteiger partial charge in [0.2, 0.25) is 0 Å². The van der Waals surface area contributed by atoms with Gasteiger partial charge in [-0.3, -0.25) is 0 Å². The zero-order valence-electron chi connectivity index (χ0n) is 8.50. The van der Waals surface area contributed by atoms with Gasteiger partial charge in [0.25, 0.3) is 0 Å². The van der Waals surface area contributed by atoms with Gasteiger partial charge in [-0.1, -0.05) is 5.16 Å². The summed E-state index contributed by atoms with van der Waals surface area (Å²) in [4.78, 5) is 0. The van der Waals surface area contributed by atoms with Crippen LogP contribution in [0.25, 0.3) is 0 Å². The Kier molecular flexibility index (Phi) is 3.91. The second kappa shape index (κ2) is 5.19. The SMILES string of the molecule is Cc1cc(F)cc(NCCC(N)=NO)c1. The number of halogens is 1. The topological polar surface area (TPSA) is 70.6 Å². The molecule has 0 saturated heterocycles. The van der Waals surface area contributed by atoms with E-state index in [2.05, 4.69) is 10.5 Å². The number of rotatable bonds is 4. The van der Waals surface area contributed by atoms with Crippen molar-refractivity contribution in [2.24, 2.45) is 10.9 Å². The van der Waals surface area contributed by atoms with Crippen LogP contribution >= 0.6 is 0 Å². The van der Waals surface area contributed by atoms with E-state index in [-0.39, 0.29) is 11.7 Å². The zero-order valence-corrected chi connectivity index (χ0v) is 8.50. The number of hydrogen-bond donors (Lipinski definition) is 3. The van der Waals surface area contributed by atoms with Gasteiger partial charge in [-0.05, 0) is 30.7 Å². The standard InChI is InChI=1S/C10H14FN3O/c1-7-4-8(11)6-9(5-7)13-3-2-10(12)14-15/h4-6,13,15H,2-3H2,1H3,(H2,12,14). The van der Waals surface area contributed by atoms with E-state index in [1.807, 2.05) is 13.0 Å². The van der Waals surface area contributed by atoms with Crippen LogP contribution in [0, 0.1) is 12.7 Å². The first-order chi connectivity index (χ1) is 7.11. The molecule has 1 aromatic rings. The molecule has 0 spiro atoms. The first-order valence-corrected chi connectivity index (χ1v) is 4.59. The molecule has 82 valence electrons. The van der Waals surface area contributed by atoms with E-state index in [0.29, 0.717) is 18.7 Å². The first-order valence-electron chi connectivity index (χ1n) is 4.59. The summed E-state index contributed by atoms with van der Waals surface area (Å²) in [6.45, 7) is 2.32. The predicted octanol–water partition coefficient (Wildman–Crippen LogP) is 1.68. The third kappa shape index (κ3) is 3.84. The van der Waals surface area contributed by atoms with Gasteiger partial charge in [-0.15, -0.1) is 0 Å². The van der Waals surface area contributed by atoms with E-state index in [1.54, 1.807) is 0 Å². The monoisotopic (exact) mass is 211 g/mol. The van der Waals surface area contributed by atoms with Crippen LogP contribution < -0.4 is 11.1 Å². The highest BCUT2D eigenvalue weighted by Crippen LogP contribution is 2.12. The van der Waals surface area contributed by atoms with Crippen molar-refractivity contribution in [3.63, 3.8) is 0 Å². The van der Waals surface area contributed by atoms with Crippen LogP contribution in [0.1, 0.15) is 12.0 Å². The van der Waals surface area contributed by atoms with Crippen molar-refractivity contribution in [2.75, 3.05) is 11.9 Å². The Morgan fingerprint density at radius 3 is 2.87 bits per heavy atom. The fraction of sp³-hybridized carbons (Fsp3) is 0.300. The first kappa shape index (κ1) is 11.3. The molecular formula is C10H14FN3O. The van der Waals surface area contributed by atoms with Gasteiger partial charge in [0.15, 0.2) is 0 Å². The Bertz CT molecular complexity index is 345. The van der Waals surface area contributed by atoms with Gasteiger partial charge in [-0.25, -0.2) is 4.39 Å². The van der Waals surface area contributed by atoms with Crippen LogP contribution in [-0.2, 0) is 0 Å². The van der Waals surface area contributed by atoms with Gasteiger partial charge in [-0.2, -0.15) is 0 Å². The van der Waals surface area contributed by atoms with Crippen LogP contribution in [0.5, 0.6) is 0 Å². The number of hydrogen-bond acceptors (Lipinski definition) is 3. The smallest absolute Gasteiger partial charge is 0.140 e. The summed E-state index contributed by atoms with van der Waals surface area (Å²) in [5.74, 6) is -0.128. The molecule has 15 heavy (non-hydrogen) atoms. The highest BCUT2D eigenvalue weighted by molar-refractivity contribution is 5.80. The van der Waals surface area contributed by atoms with Crippen molar-refractivity contribution in [3.8, 4) is 0 Å². The molecule has 1 aromatic carbocycles. The quantitative estimate of drug-likeness (QED) is 0.307. The van der Waals surface area contributed by atoms with Gasteiger partial charge < -0.3 is 16.3 Å². The van der Waals surface area contributed by atoms with Gasteiger partial charge in [0.1, 0.15) is 11.7 Å². The average Bonchev–Trinajstić information content (AvgIpc) is 2.16. The molecule has 5 heteroatoms. The highest BCUT2D eigenvalue weighted by atomic mass is 19.1. The number of nitrogens with zero attached hydrogens (tertiary/aromatic N) is 1. The maximum Gasteiger partial charge on any atom is 0.140 e. The van der Waals surface area contributed by atoms with E-state index in [9.17, 15) is 4.39 Å². The van der Waals surface area contributed by atoms with E-state index >= 15 is 0 Å². The van der Waals surface area contributed by atoms with Crippen molar-refractivity contribution in [2.45, 2.75) is 13.3 Å². The van der Waals surface area contributed by atoms with E-state index in [4.69, 9.17) is 10.9 Å². The van der Waals surface area contributed by atoms with Crippen molar-refractivity contribution >= 4 is 11.5 Å². The lowest BCUT2D eigenvalue weighted by molar-refractivity contribution is 0.317. The van der Waals surface area contributed by atoms with Crippen molar-refractivity contribution in [1.82, 2.24) is 0 Å². The summed E-state index contributed by atoms with van der Waals surface area (Å²) < 4.78 is 13.0. The summed E-state index contributed by atoms with van der Waals surface area (Å²) in [7, 11) is 0. The molecule has 0 saturated carbocycles. The zero-order chi connectivity index (χ0) is 11.3. The largest absolute Gasteiger partial charge is 0.409 e. The second-order valence-electron chi connectivity index (χ2n) is 3.29. The minimum Gasteiger partial charge on any atom is -0.409 e. The Morgan fingerprint density at radius 1 is 1.53 bits per heavy atom. The predicted molar refractivity (Wildman–Crippen MR) is 57.7 cm³/mol. The van der Waals surface area contributed by atoms with Gasteiger partial charge >= 0.3 is 0 Å². The summed E-state index contributed by atoms with van der Waals surface area (Å²) in [6.07, 6.45) is 0.409. The lowest BCUT2D eigenvalue weighted by atomic mass is 10.2. The molecule has 0 aliphatic rings. The summed E-state index contributed by atoms with van der Waals surface area (Å²) in [6, 6.07) is 4.68. The summed E-state index contributed by atoms with van der Waals surface area (Å²) in [5.41, 5.74) is 6.82. The third-order valence-corrected chi connectivity index (χ3v) is 1.88. The Labute approximate surface area is 87.6 Å². The van der Waals surface area contributed by atoms with E-state index in [0.717, 1.165) is 5.56 Å². The molecule has 0 amide bonds. The van der Waals surface area contributed by atoms with Crippen molar-refractivity contribution in [3.05, 3.63) is 29.6 Å². The van der Waals surface area contributed by atoms with Crippen LogP contribution in [-0.4, -0.2) is 17.6 Å². The Morgan fingerprint density at radius 2 is 2.27 bits per heavy atom. The van der Waals surface area contributed by atoms with Crippen LogP contribution in [0.4, 0.5) is 10.1 Å². The molecule has 4 N–H and O–H groups in total. The van der Waals surface area contributed by atoms with Gasteiger partial charge in [0.05, 0.1) is 0 Å². The molecule has 0 bridgehead atoms. The van der Waals surface area contributed by atoms with Gasteiger partial charge in [0, 0.05) is 18.7 Å². The van der Waals surface area contributed by atoms with Crippen LogP contribution in [0.3, 0.4) is 0 Å². The molecule has 0 atom stereocenters. The number of benzene rings is 1. The number of aryl methyl sites for hydroxylation is 1. The maximum atomic E-state index is 13.0. The molecular weight excluding hydrogens is 197 g/mol. The third-order valence-electron chi connectivity index (χ3n) is 1.88. The number of nitrogens with two attached hydrogens (primary N) is 1. The minimum absolute atomic E-state index is 0.149. The summed E-state index contributed by atoms with van der Waals surface area (Å²) in [5, 5.41) is 14.1. The van der Waals surface area contributed by atoms with Crippen LogP contribution in [0.15, 0.2) is 23.4 Å². The summed E-state index contributed by atoms with van der Waals surface area (Å²) >= 11 is 0. The van der Waals surface area contributed by atoms with Crippen LogP contribution in [0.2, 0.25) is 0 Å². The molecule has 0 radical (unpaired) electrons. The fourth-order valence-corrected chi connectivity index (χ4v) is 1.22. The molecule has 1 rings (SSSR count). The molecule has 0 aliphatic heterocycles. The number of anilines is 1. The van der Waals surface area contributed by atoms with E-state index in [1.165, 1.54) is 12.1 Å². The molecule has 0 fully saturated rings. The molecule has 0 unspecified atom stereocenters. The highest BCUT2D eigenvalue weighted by Gasteiger charge is 1.98. The number of amidine groups is 1. The fourth-order valence-electron chi connectivity index (χ4n) is 1.22. The second-order valence-corrected chi connectivity index (χ2v) is 3.29. The number of nitrogens with one attached hydrogen (secondary N) is 1. The van der Waals surface area contributed by atoms with Crippen molar-refractivity contribution < 1.29 is 9.60 Å². The van der Waals surface area contributed by atoms with Crippen molar-refractivity contribution in [1.29, 1.82) is 0 Å². The minimum atomic E-state index is -0.277. The maximum absolute atomic E-state index is 13.0. The molecule has 0 aromatic heterocycles. The Hall–Kier alpha value is -1.78.